The number of sulfonamides is 1. The van der Waals surface area contributed by atoms with Crippen LogP contribution in [0.25, 0.3) is 0 Å². The first-order chi connectivity index (χ1) is 11.4. The Bertz CT molecular complexity index is 721. The Morgan fingerprint density at radius 1 is 1.44 bits per heavy atom. The molecule has 1 atom stereocenters. The largest absolute Gasteiger partial charge is 0.310 e. The molecule has 9 heteroatoms. The van der Waals surface area contributed by atoms with Crippen molar-refractivity contribution in [1.82, 2.24) is 14.7 Å². The van der Waals surface area contributed by atoms with Crippen LogP contribution in [0.5, 0.6) is 0 Å². The molecule has 1 aliphatic heterocycles. The number of carbonyl (C=O) groups excluding carboxylic acids is 1. The normalized spacial score (nSPS) is 19.8. The van der Waals surface area contributed by atoms with Crippen LogP contribution >= 0.6 is 0 Å². The molecule has 8 nitrogen and oxygen atoms in total. The Morgan fingerprint density at radius 2 is 2.12 bits per heavy atom. The first kappa shape index (κ1) is 19.9. The molecule has 2 rings (SSSR count). The minimum atomic E-state index is -3.48. The second-order valence-corrected chi connectivity index (χ2v) is 9.53. The average Bonchev–Trinajstić information content (AvgIpc) is 2.77. The van der Waals surface area contributed by atoms with Gasteiger partial charge in [0.1, 0.15) is 5.82 Å². The molecule has 142 valence electrons. The zero-order valence-electron chi connectivity index (χ0n) is 15.4. The number of aromatic nitrogens is 2. The third-order valence-corrected chi connectivity index (χ3v) is 5.11. The topological polar surface area (TPSA) is 110 Å². The molecule has 0 bridgehead atoms. The van der Waals surface area contributed by atoms with Gasteiger partial charge < -0.3 is 5.32 Å². The minimum Gasteiger partial charge on any atom is -0.310 e. The van der Waals surface area contributed by atoms with Crippen molar-refractivity contribution in [2.75, 3.05) is 30.7 Å². The number of aryl methyl sites for hydroxylation is 1. The van der Waals surface area contributed by atoms with E-state index < -0.39 is 10.0 Å². The van der Waals surface area contributed by atoms with E-state index in [9.17, 15) is 13.2 Å². The molecule has 1 saturated heterocycles. The van der Waals surface area contributed by atoms with Gasteiger partial charge in [-0.25, -0.2) is 18.2 Å². The summed E-state index contributed by atoms with van der Waals surface area (Å²) in [4.78, 5) is 14.4. The van der Waals surface area contributed by atoms with Gasteiger partial charge in [-0.3, -0.25) is 9.69 Å². The first-order valence-corrected chi connectivity index (χ1v) is 10.3. The maximum absolute atomic E-state index is 12.4. The zero-order chi connectivity index (χ0) is 18.8. The van der Waals surface area contributed by atoms with Crippen molar-refractivity contribution in [1.29, 1.82) is 0 Å². The van der Waals surface area contributed by atoms with E-state index in [-0.39, 0.29) is 29.7 Å². The lowest BCUT2D eigenvalue weighted by molar-refractivity contribution is -0.117. The number of piperidine rings is 1. The van der Waals surface area contributed by atoms with Crippen molar-refractivity contribution in [3.8, 4) is 0 Å². The fourth-order valence-corrected chi connectivity index (χ4v) is 4.17. The summed E-state index contributed by atoms with van der Waals surface area (Å²) in [6.45, 7) is 9.55. The van der Waals surface area contributed by atoms with Crippen LogP contribution in [0.2, 0.25) is 0 Å². The average molecular weight is 372 g/mol. The molecule has 1 amide bonds. The highest BCUT2D eigenvalue weighted by Crippen LogP contribution is 2.22. The van der Waals surface area contributed by atoms with Gasteiger partial charge in [0.25, 0.3) is 0 Å². The van der Waals surface area contributed by atoms with E-state index in [1.165, 1.54) is 0 Å². The Morgan fingerprint density at radius 3 is 2.72 bits per heavy atom. The summed E-state index contributed by atoms with van der Waals surface area (Å²) in [6, 6.07) is 1.85. The molecule has 1 aromatic rings. The van der Waals surface area contributed by atoms with Gasteiger partial charge in [-0.05, 0) is 53.0 Å². The van der Waals surface area contributed by atoms with E-state index >= 15 is 0 Å². The standard InChI is InChI=1S/C16H29N5O3S/c1-12-8-14(21(19-12)16(2,3)4)18-15(22)10-20-7-5-6-13(9-20)11-25(17,23)24/h8,13H,5-7,9-11H2,1-4H3,(H,18,22)(H2,17,23,24)/t13-/m1/s1. The highest BCUT2D eigenvalue weighted by Gasteiger charge is 2.25. The molecule has 25 heavy (non-hydrogen) atoms. The Labute approximate surface area is 149 Å². The summed E-state index contributed by atoms with van der Waals surface area (Å²) in [5.41, 5.74) is 0.610. The predicted octanol–water partition coefficient (Wildman–Crippen LogP) is 0.886. The number of anilines is 1. The SMILES string of the molecule is Cc1cc(NC(=O)CN2CCC[C@@H](CS(N)(=O)=O)C2)n(C(C)(C)C)n1. The fraction of sp³-hybridized carbons (Fsp3) is 0.750. The maximum atomic E-state index is 12.4. The molecule has 0 spiro atoms. The van der Waals surface area contributed by atoms with E-state index in [0.717, 1.165) is 25.1 Å². The van der Waals surface area contributed by atoms with Crippen LogP contribution in [0.15, 0.2) is 6.07 Å². The van der Waals surface area contributed by atoms with Crippen molar-refractivity contribution in [3.63, 3.8) is 0 Å². The van der Waals surface area contributed by atoms with Gasteiger partial charge >= 0.3 is 0 Å². The van der Waals surface area contributed by atoms with Gasteiger partial charge in [0, 0.05) is 12.6 Å². The van der Waals surface area contributed by atoms with Gasteiger partial charge in [0.05, 0.1) is 23.5 Å². The molecule has 0 aromatic carbocycles. The predicted molar refractivity (Wildman–Crippen MR) is 97.7 cm³/mol. The quantitative estimate of drug-likeness (QED) is 0.798. The highest BCUT2D eigenvalue weighted by molar-refractivity contribution is 7.89. The summed E-state index contributed by atoms with van der Waals surface area (Å²) in [5, 5.41) is 12.5. The number of nitrogens with two attached hydrogens (primary N) is 1. The van der Waals surface area contributed by atoms with Crippen LogP contribution in [-0.2, 0) is 20.4 Å². The monoisotopic (exact) mass is 371 g/mol. The minimum absolute atomic E-state index is 0.0149. The molecule has 0 aliphatic carbocycles. The molecule has 1 aromatic heterocycles. The van der Waals surface area contributed by atoms with Crippen LogP contribution in [-0.4, -0.2) is 54.4 Å². The maximum Gasteiger partial charge on any atom is 0.239 e. The number of nitrogens with zero attached hydrogens (tertiary/aromatic N) is 3. The molecule has 1 fully saturated rings. The Hall–Kier alpha value is -1.45. The van der Waals surface area contributed by atoms with Gasteiger partial charge in [-0.15, -0.1) is 0 Å². The van der Waals surface area contributed by atoms with E-state index in [2.05, 4.69) is 10.4 Å². The molecule has 0 saturated carbocycles. The summed E-state index contributed by atoms with van der Waals surface area (Å²) in [5.74, 6) is 0.509. The van der Waals surface area contributed by atoms with Gasteiger partial charge in [0.15, 0.2) is 0 Å². The van der Waals surface area contributed by atoms with Crippen molar-refractivity contribution >= 4 is 21.7 Å². The van der Waals surface area contributed by atoms with E-state index in [0.29, 0.717) is 12.4 Å². The van der Waals surface area contributed by atoms with E-state index in [1.807, 2.05) is 38.7 Å². The van der Waals surface area contributed by atoms with Crippen LogP contribution < -0.4 is 10.5 Å². The highest BCUT2D eigenvalue weighted by atomic mass is 32.2. The second-order valence-electron chi connectivity index (χ2n) is 7.87. The second kappa shape index (κ2) is 7.43. The van der Waals surface area contributed by atoms with Crippen LogP contribution in [0.4, 0.5) is 5.82 Å². The molecule has 2 heterocycles. The summed E-state index contributed by atoms with van der Waals surface area (Å²) >= 11 is 0. The lowest BCUT2D eigenvalue weighted by Gasteiger charge is -2.31. The Balaban J connectivity index is 1.97. The molecule has 1 aliphatic rings. The van der Waals surface area contributed by atoms with Gasteiger partial charge in [0.2, 0.25) is 15.9 Å². The molecule has 3 N–H and O–H groups in total. The van der Waals surface area contributed by atoms with E-state index in [4.69, 9.17) is 5.14 Å². The van der Waals surface area contributed by atoms with Crippen molar-refractivity contribution in [2.45, 2.75) is 46.1 Å². The lowest BCUT2D eigenvalue weighted by Crippen LogP contribution is -2.43. The number of hydrogen-bond acceptors (Lipinski definition) is 5. The number of nitrogens with one attached hydrogen (secondary N) is 1. The fourth-order valence-electron chi connectivity index (χ4n) is 3.24. The number of amides is 1. The van der Waals surface area contributed by atoms with Gasteiger partial charge in [-0.2, -0.15) is 5.10 Å². The van der Waals surface area contributed by atoms with Crippen molar-refractivity contribution in [2.24, 2.45) is 11.1 Å². The summed E-state index contributed by atoms with van der Waals surface area (Å²) in [7, 11) is -3.48. The molecule has 0 radical (unpaired) electrons. The number of primary sulfonamides is 1. The molecular formula is C16H29N5O3S. The van der Waals surface area contributed by atoms with Gasteiger partial charge in [-0.1, -0.05) is 0 Å². The third-order valence-electron chi connectivity index (χ3n) is 4.17. The zero-order valence-corrected chi connectivity index (χ0v) is 16.3. The number of rotatable bonds is 5. The smallest absolute Gasteiger partial charge is 0.239 e. The van der Waals surface area contributed by atoms with Crippen molar-refractivity contribution < 1.29 is 13.2 Å². The number of carbonyl (C=O) groups is 1. The number of hydrogen-bond donors (Lipinski definition) is 2. The summed E-state index contributed by atoms with van der Waals surface area (Å²) < 4.78 is 24.4. The van der Waals surface area contributed by atoms with E-state index in [1.54, 1.807) is 4.68 Å². The lowest BCUT2D eigenvalue weighted by atomic mass is 10.0. The first-order valence-electron chi connectivity index (χ1n) is 8.54. The van der Waals surface area contributed by atoms with Crippen LogP contribution in [0.3, 0.4) is 0 Å². The number of likely N-dealkylation sites (tertiary alicyclic amines) is 1. The summed E-state index contributed by atoms with van der Waals surface area (Å²) in [6.07, 6.45) is 1.69. The third kappa shape index (κ3) is 6.09. The molecule has 0 unspecified atom stereocenters. The van der Waals surface area contributed by atoms with Crippen LogP contribution in [0.1, 0.15) is 39.3 Å². The van der Waals surface area contributed by atoms with Crippen molar-refractivity contribution in [3.05, 3.63) is 11.8 Å². The molecular weight excluding hydrogens is 342 g/mol. The van der Waals surface area contributed by atoms with Crippen LogP contribution in [0, 0.1) is 12.8 Å². The Kier molecular flexibility index (Phi) is 5.90.